The van der Waals surface area contributed by atoms with Gasteiger partial charge >= 0.3 is 6.61 Å². The van der Waals surface area contributed by atoms with Crippen LogP contribution in [-0.2, 0) is 4.79 Å². The molecule has 4 nitrogen and oxygen atoms in total. The summed E-state index contributed by atoms with van der Waals surface area (Å²) in [6.45, 7) is -2.86. The molecule has 0 aliphatic carbocycles. The van der Waals surface area contributed by atoms with Crippen LogP contribution in [0, 0.1) is 0 Å². The molecule has 1 amide bonds. The Hall–Kier alpha value is -2.60. The Kier molecular flexibility index (Phi) is 4.16. The van der Waals surface area contributed by atoms with Gasteiger partial charge in [-0.1, -0.05) is 11.6 Å². The first-order chi connectivity index (χ1) is 11.0. The number of amides is 1. The molecule has 1 aliphatic rings. The molecule has 0 fully saturated rings. The van der Waals surface area contributed by atoms with E-state index in [-0.39, 0.29) is 11.7 Å². The third-order valence-corrected chi connectivity index (χ3v) is 3.46. The molecule has 23 heavy (non-hydrogen) atoms. The van der Waals surface area contributed by atoms with Crippen molar-refractivity contribution in [1.29, 1.82) is 0 Å². The number of halogens is 3. The van der Waals surface area contributed by atoms with Gasteiger partial charge in [0.05, 0.1) is 5.57 Å². The summed E-state index contributed by atoms with van der Waals surface area (Å²) in [5.41, 5.74) is 2.46. The number of hydrogen-bond donors (Lipinski definition) is 2. The van der Waals surface area contributed by atoms with Crippen molar-refractivity contribution >= 4 is 34.5 Å². The second kappa shape index (κ2) is 6.26. The summed E-state index contributed by atoms with van der Waals surface area (Å²) in [4.78, 5) is 12.0. The highest BCUT2D eigenvalue weighted by Crippen LogP contribution is 2.33. The molecule has 2 aromatic carbocycles. The van der Waals surface area contributed by atoms with Crippen LogP contribution in [0.2, 0.25) is 5.02 Å². The van der Waals surface area contributed by atoms with E-state index in [0.29, 0.717) is 27.5 Å². The maximum absolute atomic E-state index is 12.1. The molecule has 0 spiro atoms. The van der Waals surface area contributed by atoms with Gasteiger partial charge in [-0.05, 0) is 42.5 Å². The van der Waals surface area contributed by atoms with Crippen LogP contribution < -0.4 is 15.4 Å². The number of fused-ring (bicyclic) bond motifs is 1. The number of benzene rings is 2. The number of carbonyl (C=O) groups is 1. The van der Waals surface area contributed by atoms with E-state index in [1.807, 2.05) is 0 Å². The van der Waals surface area contributed by atoms with Crippen molar-refractivity contribution in [3.05, 3.63) is 59.3 Å². The standard InChI is InChI=1S/C16H11ClF2N2O2/c17-9-1-6-14-12(7-9)13(15(22)21-14)8-20-10-2-4-11(5-3-10)23-16(18)19/h1-8,16,20H,(H,21,22)/b13-8-. The van der Waals surface area contributed by atoms with Crippen molar-refractivity contribution in [2.24, 2.45) is 0 Å². The van der Waals surface area contributed by atoms with Crippen molar-refractivity contribution in [3.63, 3.8) is 0 Å². The Labute approximate surface area is 135 Å². The second-order valence-electron chi connectivity index (χ2n) is 4.75. The fourth-order valence-corrected chi connectivity index (χ4v) is 2.36. The van der Waals surface area contributed by atoms with Crippen LogP contribution in [0.4, 0.5) is 20.2 Å². The summed E-state index contributed by atoms with van der Waals surface area (Å²) in [5, 5.41) is 6.21. The molecule has 0 atom stereocenters. The highest BCUT2D eigenvalue weighted by molar-refractivity contribution is 6.34. The van der Waals surface area contributed by atoms with E-state index in [1.54, 1.807) is 36.5 Å². The number of anilines is 2. The summed E-state index contributed by atoms with van der Waals surface area (Å²) in [7, 11) is 0. The van der Waals surface area contributed by atoms with Crippen LogP contribution in [0.25, 0.3) is 5.57 Å². The molecule has 0 radical (unpaired) electrons. The van der Waals surface area contributed by atoms with Gasteiger partial charge in [-0.3, -0.25) is 4.79 Å². The largest absolute Gasteiger partial charge is 0.435 e. The fraction of sp³-hybridized carbons (Fsp3) is 0.0625. The zero-order valence-electron chi connectivity index (χ0n) is 11.6. The van der Waals surface area contributed by atoms with E-state index in [0.717, 1.165) is 0 Å². The minimum absolute atomic E-state index is 0.0638. The fourth-order valence-electron chi connectivity index (χ4n) is 2.19. The van der Waals surface area contributed by atoms with Crippen molar-refractivity contribution < 1.29 is 18.3 Å². The molecule has 7 heteroatoms. The van der Waals surface area contributed by atoms with Crippen molar-refractivity contribution in [2.45, 2.75) is 6.61 Å². The van der Waals surface area contributed by atoms with Gasteiger partial charge in [0.1, 0.15) is 5.75 Å². The van der Waals surface area contributed by atoms with E-state index in [4.69, 9.17) is 11.6 Å². The quantitative estimate of drug-likeness (QED) is 0.816. The van der Waals surface area contributed by atoms with Crippen LogP contribution in [0.5, 0.6) is 5.75 Å². The average Bonchev–Trinajstić information content (AvgIpc) is 2.81. The predicted molar refractivity (Wildman–Crippen MR) is 84.8 cm³/mol. The summed E-state index contributed by atoms with van der Waals surface area (Å²) in [5.74, 6) is -0.179. The van der Waals surface area contributed by atoms with E-state index >= 15 is 0 Å². The molecule has 1 aliphatic heterocycles. The molecular formula is C16H11ClF2N2O2. The first-order valence-corrected chi connectivity index (χ1v) is 7.03. The first-order valence-electron chi connectivity index (χ1n) is 6.66. The summed E-state index contributed by atoms with van der Waals surface area (Å²) < 4.78 is 28.4. The number of alkyl halides is 2. The zero-order valence-corrected chi connectivity index (χ0v) is 12.4. The molecule has 2 N–H and O–H groups in total. The highest BCUT2D eigenvalue weighted by Gasteiger charge is 2.24. The maximum atomic E-state index is 12.1. The van der Waals surface area contributed by atoms with Gasteiger partial charge in [-0.2, -0.15) is 8.78 Å². The lowest BCUT2D eigenvalue weighted by Gasteiger charge is -2.06. The Morgan fingerprint density at radius 3 is 2.61 bits per heavy atom. The number of rotatable bonds is 4. The van der Waals surface area contributed by atoms with Crippen molar-refractivity contribution in [2.75, 3.05) is 10.6 Å². The van der Waals surface area contributed by atoms with E-state index < -0.39 is 6.61 Å². The lowest BCUT2D eigenvalue weighted by Crippen LogP contribution is -2.05. The smallest absolute Gasteiger partial charge is 0.387 e. The molecule has 0 unspecified atom stereocenters. The lowest BCUT2D eigenvalue weighted by molar-refractivity contribution is -0.110. The Morgan fingerprint density at radius 1 is 1.17 bits per heavy atom. The molecule has 118 valence electrons. The number of nitrogens with one attached hydrogen (secondary N) is 2. The number of hydrogen-bond acceptors (Lipinski definition) is 3. The van der Waals surface area contributed by atoms with E-state index in [2.05, 4.69) is 15.4 Å². The second-order valence-corrected chi connectivity index (χ2v) is 5.19. The monoisotopic (exact) mass is 336 g/mol. The molecule has 3 rings (SSSR count). The minimum Gasteiger partial charge on any atom is -0.435 e. The van der Waals surface area contributed by atoms with Gasteiger partial charge in [0.25, 0.3) is 5.91 Å². The SMILES string of the molecule is O=C1Nc2ccc(Cl)cc2/C1=C/Nc1ccc(OC(F)F)cc1. The minimum atomic E-state index is -2.86. The highest BCUT2D eigenvalue weighted by atomic mass is 35.5. The van der Waals surface area contributed by atoms with Gasteiger partial charge < -0.3 is 15.4 Å². The average molecular weight is 337 g/mol. The summed E-state index contributed by atoms with van der Waals surface area (Å²) in [6, 6.07) is 11.1. The normalized spacial score (nSPS) is 14.8. The third-order valence-electron chi connectivity index (χ3n) is 3.23. The predicted octanol–water partition coefficient (Wildman–Crippen LogP) is 4.35. The zero-order chi connectivity index (χ0) is 16.4. The molecule has 0 bridgehead atoms. The van der Waals surface area contributed by atoms with Gasteiger partial charge in [0.2, 0.25) is 0 Å². The van der Waals surface area contributed by atoms with Crippen LogP contribution in [-0.4, -0.2) is 12.5 Å². The van der Waals surface area contributed by atoms with Gasteiger partial charge in [0.15, 0.2) is 0 Å². The Bertz CT molecular complexity index is 776. The summed E-state index contributed by atoms with van der Waals surface area (Å²) in [6.07, 6.45) is 1.54. The van der Waals surface area contributed by atoms with Gasteiger partial charge in [-0.25, -0.2) is 0 Å². The third kappa shape index (κ3) is 3.43. The first kappa shape index (κ1) is 15.3. The maximum Gasteiger partial charge on any atom is 0.387 e. The lowest BCUT2D eigenvalue weighted by atomic mass is 10.1. The Morgan fingerprint density at radius 2 is 1.91 bits per heavy atom. The van der Waals surface area contributed by atoms with Gasteiger partial charge in [-0.15, -0.1) is 0 Å². The molecule has 1 heterocycles. The van der Waals surface area contributed by atoms with E-state index in [9.17, 15) is 13.6 Å². The van der Waals surface area contributed by atoms with E-state index in [1.165, 1.54) is 12.1 Å². The van der Waals surface area contributed by atoms with Crippen LogP contribution in [0.1, 0.15) is 5.56 Å². The van der Waals surface area contributed by atoms with Gasteiger partial charge in [0, 0.05) is 28.2 Å². The van der Waals surface area contributed by atoms with Crippen LogP contribution in [0.3, 0.4) is 0 Å². The van der Waals surface area contributed by atoms with Crippen LogP contribution >= 0.6 is 11.6 Å². The van der Waals surface area contributed by atoms with Crippen molar-refractivity contribution in [3.8, 4) is 5.75 Å². The topological polar surface area (TPSA) is 50.4 Å². The Balaban J connectivity index is 1.78. The molecule has 0 saturated carbocycles. The summed E-state index contributed by atoms with van der Waals surface area (Å²) >= 11 is 5.95. The molecule has 0 aromatic heterocycles. The van der Waals surface area contributed by atoms with Crippen molar-refractivity contribution in [1.82, 2.24) is 0 Å². The van der Waals surface area contributed by atoms with Crippen LogP contribution in [0.15, 0.2) is 48.7 Å². The molecule has 0 saturated heterocycles. The number of ether oxygens (including phenoxy) is 1. The number of carbonyl (C=O) groups excluding carboxylic acids is 1. The molecular weight excluding hydrogens is 326 g/mol. The molecule has 2 aromatic rings.